The molecule has 102 valence electrons. The van der Waals surface area contributed by atoms with E-state index in [1.165, 1.54) is 19.9 Å². The predicted molar refractivity (Wildman–Crippen MR) is 63.1 cm³/mol. The highest BCUT2D eigenvalue weighted by atomic mass is 19.4. The van der Waals surface area contributed by atoms with Crippen LogP contribution in [0.4, 0.5) is 18.9 Å². The Balaban J connectivity index is 3.22. The molecule has 1 amide bonds. The molecule has 0 saturated carbocycles. The summed E-state index contributed by atoms with van der Waals surface area (Å²) in [7, 11) is 0. The molecule has 7 heteroatoms. The first-order chi connectivity index (χ1) is 8.55. The molecule has 4 nitrogen and oxygen atoms in total. The Bertz CT molecular complexity index is 539. The van der Waals surface area contributed by atoms with Gasteiger partial charge in [-0.1, -0.05) is 0 Å². The van der Waals surface area contributed by atoms with Gasteiger partial charge in [-0.2, -0.15) is 18.4 Å². The number of anilines is 1. The van der Waals surface area contributed by atoms with Crippen LogP contribution in [0.3, 0.4) is 0 Å². The van der Waals surface area contributed by atoms with Gasteiger partial charge in [0.2, 0.25) is 5.91 Å². The fourth-order valence-corrected chi connectivity index (χ4v) is 1.24. The summed E-state index contributed by atoms with van der Waals surface area (Å²) in [6, 6.07) is 4.51. The first-order valence-corrected chi connectivity index (χ1v) is 5.27. The van der Waals surface area contributed by atoms with E-state index >= 15 is 0 Å². The van der Waals surface area contributed by atoms with Gasteiger partial charge in [0.1, 0.15) is 0 Å². The van der Waals surface area contributed by atoms with Gasteiger partial charge >= 0.3 is 6.18 Å². The van der Waals surface area contributed by atoms with E-state index in [0.717, 1.165) is 6.07 Å². The lowest BCUT2D eigenvalue weighted by atomic mass is 10.0. The molecule has 0 bridgehead atoms. The summed E-state index contributed by atoms with van der Waals surface area (Å²) < 4.78 is 38.5. The monoisotopic (exact) mass is 271 g/mol. The van der Waals surface area contributed by atoms with Crippen LogP contribution >= 0.6 is 0 Å². The van der Waals surface area contributed by atoms with E-state index in [4.69, 9.17) is 11.0 Å². The quantitative estimate of drug-likeness (QED) is 0.865. The number of nitriles is 1. The van der Waals surface area contributed by atoms with Crippen LogP contribution in [0.5, 0.6) is 0 Å². The molecular weight excluding hydrogens is 259 g/mol. The summed E-state index contributed by atoms with van der Waals surface area (Å²) >= 11 is 0. The maximum absolute atomic E-state index is 12.8. The number of nitrogens with zero attached hydrogens (tertiary/aromatic N) is 1. The normalized spacial score (nSPS) is 11.8. The van der Waals surface area contributed by atoms with Gasteiger partial charge in [-0.15, -0.1) is 0 Å². The van der Waals surface area contributed by atoms with Crippen molar-refractivity contribution >= 4 is 11.6 Å². The molecular formula is C12H12F3N3O. The lowest BCUT2D eigenvalue weighted by Gasteiger charge is -2.20. The summed E-state index contributed by atoms with van der Waals surface area (Å²) in [5, 5.41) is 10.7. The molecule has 0 fully saturated rings. The molecule has 0 radical (unpaired) electrons. The first-order valence-electron chi connectivity index (χ1n) is 5.27. The zero-order valence-electron chi connectivity index (χ0n) is 10.3. The standard InChI is InChI=1S/C12H12F3N3O/c1-11(2,17)10(19)18-9-4-3-7(6-16)5-8(9)12(13,14)15/h3-5H,17H2,1-2H3,(H,18,19). The molecule has 0 aliphatic rings. The van der Waals surface area contributed by atoms with E-state index in [9.17, 15) is 18.0 Å². The third-order valence-corrected chi connectivity index (χ3v) is 2.29. The summed E-state index contributed by atoms with van der Waals surface area (Å²) in [5.41, 5.74) is 2.55. The van der Waals surface area contributed by atoms with Crippen molar-refractivity contribution in [2.24, 2.45) is 5.73 Å². The topological polar surface area (TPSA) is 78.9 Å². The Labute approximate surface area is 108 Å². The Morgan fingerprint density at radius 1 is 1.37 bits per heavy atom. The van der Waals surface area contributed by atoms with Gasteiger partial charge in [-0.05, 0) is 32.0 Å². The molecule has 19 heavy (non-hydrogen) atoms. The summed E-state index contributed by atoms with van der Waals surface area (Å²) in [5.74, 6) is -0.747. The van der Waals surface area contributed by atoms with Crippen LogP contribution in [-0.2, 0) is 11.0 Å². The lowest BCUT2D eigenvalue weighted by molar-refractivity contribution is -0.137. The van der Waals surface area contributed by atoms with E-state index in [1.807, 2.05) is 0 Å². The molecule has 1 aromatic carbocycles. The van der Waals surface area contributed by atoms with Crippen molar-refractivity contribution < 1.29 is 18.0 Å². The highest BCUT2D eigenvalue weighted by molar-refractivity contribution is 5.98. The molecule has 0 aromatic heterocycles. The number of rotatable bonds is 2. The van der Waals surface area contributed by atoms with Crippen LogP contribution in [0, 0.1) is 11.3 Å². The summed E-state index contributed by atoms with van der Waals surface area (Å²) in [6.07, 6.45) is -4.67. The number of carbonyl (C=O) groups excluding carboxylic acids is 1. The van der Waals surface area contributed by atoms with Crippen molar-refractivity contribution in [2.75, 3.05) is 5.32 Å². The predicted octanol–water partition coefficient (Wildman–Crippen LogP) is 2.25. The molecule has 0 spiro atoms. The van der Waals surface area contributed by atoms with Gasteiger partial charge in [0.05, 0.1) is 28.4 Å². The van der Waals surface area contributed by atoms with Gasteiger partial charge in [0, 0.05) is 0 Å². The second-order valence-corrected chi connectivity index (χ2v) is 4.55. The number of carbonyl (C=O) groups is 1. The van der Waals surface area contributed by atoms with E-state index < -0.39 is 28.9 Å². The van der Waals surface area contributed by atoms with Crippen molar-refractivity contribution in [3.05, 3.63) is 29.3 Å². The molecule has 3 N–H and O–H groups in total. The van der Waals surface area contributed by atoms with E-state index in [0.29, 0.717) is 6.07 Å². The van der Waals surface area contributed by atoms with Crippen molar-refractivity contribution in [3.63, 3.8) is 0 Å². The fourth-order valence-electron chi connectivity index (χ4n) is 1.24. The second kappa shape index (κ2) is 4.90. The van der Waals surface area contributed by atoms with E-state index in [-0.39, 0.29) is 5.56 Å². The minimum absolute atomic E-state index is 0.141. The second-order valence-electron chi connectivity index (χ2n) is 4.55. The largest absolute Gasteiger partial charge is 0.418 e. The van der Waals surface area contributed by atoms with Crippen LogP contribution in [-0.4, -0.2) is 11.4 Å². The molecule has 1 aromatic rings. The Hall–Kier alpha value is -2.07. The van der Waals surface area contributed by atoms with E-state index in [1.54, 1.807) is 6.07 Å². The highest BCUT2D eigenvalue weighted by Crippen LogP contribution is 2.35. The number of nitrogens with two attached hydrogens (primary N) is 1. The number of benzene rings is 1. The number of hydrogen-bond donors (Lipinski definition) is 2. The van der Waals surface area contributed by atoms with Gasteiger partial charge in [-0.3, -0.25) is 4.79 Å². The van der Waals surface area contributed by atoms with Crippen molar-refractivity contribution in [1.29, 1.82) is 5.26 Å². The SMILES string of the molecule is CC(C)(N)C(=O)Nc1ccc(C#N)cc1C(F)(F)F. The smallest absolute Gasteiger partial charge is 0.324 e. The van der Waals surface area contributed by atoms with Crippen molar-refractivity contribution in [2.45, 2.75) is 25.6 Å². The minimum Gasteiger partial charge on any atom is -0.324 e. The van der Waals surface area contributed by atoms with Gasteiger partial charge < -0.3 is 11.1 Å². The fraction of sp³-hybridized carbons (Fsp3) is 0.333. The zero-order chi connectivity index (χ0) is 14.8. The molecule has 0 unspecified atom stereocenters. The average molecular weight is 271 g/mol. The maximum Gasteiger partial charge on any atom is 0.418 e. The van der Waals surface area contributed by atoms with Crippen LogP contribution in [0.15, 0.2) is 18.2 Å². The van der Waals surface area contributed by atoms with Crippen LogP contribution < -0.4 is 11.1 Å². The summed E-state index contributed by atoms with van der Waals surface area (Å²) in [4.78, 5) is 11.6. The molecule has 0 saturated heterocycles. The van der Waals surface area contributed by atoms with Crippen LogP contribution in [0.25, 0.3) is 0 Å². The number of nitrogens with one attached hydrogen (secondary N) is 1. The number of hydrogen-bond acceptors (Lipinski definition) is 3. The van der Waals surface area contributed by atoms with Crippen LogP contribution in [0.1, 0.15) is 25.0 Å². The molecule has 0 aliphatic heterocycles. The third-order valence-electron chi connectivity index (χ3n) is 2.29. The van der Waals surface area contributed by atoms with E-state index in [2.05, 4.69) is 5.32 Å². The van der Waals surface area contributed by atoms with Gasteiger partial charge in [-0.25, -0.2) is 0 Å². The summed E-state index contributed by atoms with van der Waals surface area (Å²) in [6.45, 7) is 2.75. The maximum atomic E-state index is 12.8. The average Bonchev–Trinajstić information content (AvgIpc) is 2.26. The van der Waals surface area contributed by atoms with Crippen molar-refractivity contribution in [3.8, 4) is 6.07 Å². The number of alkyl halides is 3. The Kier molecular flexibility index (Phi) is 3.86. The minimum atomic E-state index is -4.67. The molecule has 0 atom stereocenters. The zero-order valence-corrected chi connectivity index (χ0v) is 10.3. The van der Waals surface area contributed by atoms with Gasteiger partial charge in [0.25, 0.3) is 0 Å². The van der Waals surface area contributed by atoms with Crippen molar-refractivity contribution in [1.82, 2.24) is 0 Å². The number of halogens is 3. The molecule has 1 rings (SSSR count). The molecule has 0 heterocycles. The third kappa shape index (κ3) is 3.69. The Morgan fingerprint density at radius 2 is 1.95 bits per heavy atom. The first kappa shape index (κ1) is 15.0. The Morgan fingerprint density at radius 3 is 2.37 bits per heavy atom. The lowest BCUT2D eigenvalue weighted by Crippen LogP contribution is -2.45. The van der Waals surface area contributed by atoms with Gasteiger partial charge in [0.15, 0.2) is 0 Å². The number of amides is 1. The molecule has 0 aliphatic carbocycles. The van der Waals surface area contributed by atoms with Crippen LogP contribution in [0.2, 0.25) is 0 Å². The highest BCUT2D eigenvalue weighted by Gasteiger charge is 2.35.